The van der Waals surface area contributed by atoms with Gasteiger partial charge in [-0.3, -0.25) is 0 Å². The van der Waals surface area contributed by atoms with Crippen LogP contribution in [-0.4, -0.2) is 34.2 Å². The van der Waals surface area contributed by atoms with Crippen LogP contribution in [0, 0.1) is 0 Å². The third kappa shape index (κ3) is 1.97. The Morgan fingerprint density at radius 3 is 2.63 bits per heavy atom. The summed E-state index contributed by atoms with van der Waals surface area (Å²) in [5.74, 6) is 2.09. The van der Waals surface area contributed by atoms with Crippen molar-refractivity contribution in [3.63, 3.8) is 0 Å². The molecule has 0 spiro atoms. The van der Waals surface area contributed by atoms with Crippen molar-refractivity contribution in [3.8, 4) is 22.9 Å². The fourth-order valence-corrected chi connectivity index (χ4v) is 1.87. The van der Waals surface area contributed by atoms with E-state index in [4.69, 9.17) is 9.47 Å². The molecule has 0 bridgehead atoms. The molecule has 0 atom stereocenters. The van der Waals surface area contributed by atoms with Crippen molar-refractivity contribution >= 4 is 11.3 Å². The van der Waals surface area contributed by atoms with Crippen molar-refractivity contribution in [1.29, 1.82) is 0 Å². The summed E-state index contributed by atoms with van der Waals surface area (Å²) >= 11 is 0. The average molecular weight is 256 g/mol. The van der Waals surface area contributed by atoms with Crippen LogP contribution in [-0.2, 0) is 0 Å². The lowest BCUT2D eigenvalue weighted by molar-refractivity contribution is 0.404. The average Bonchev–Trinajstić information content (AvgIpc) is 2.90. The number of hydrogen-bond acceptors (Lipinski definition) is 5. The van der Waals surface area contributed by atoms with E-state index in [2.05, 4.69) is 19.9 Å². The second kappa shape index (κ2) is 4.56. The molecule has 0 saturated carbocycles. The van der Waals surface area contributed by atoms with E-state index < -0.39 is 0 Å². The zero-order valence-corrected chi connectivity index (χ0v) is 10.5. The van der Waals surface area contributed by atoms with Crippen LogP contribution >= 0.6 is 0 Å². The van der Waals surface area contributed by atoms with E-state index in [0.717, 1.165) is 11.3 Å². The topological polar surface area (TPSA) is 72.9 Å². The highest BCUT2D eigenvalue weighted by molar-refractivity contribution is 5.75. The van der Waals surface area contributed by atoms with Crippen LogP contribution in [0.1, 0.15) is 0 Å². The molecule has 0 amide bonds. The van der Waals surface area contributed by atoms with Crippen LogP contribution < -0.4 is 9.47 Å². The molecule has 2 aromatic heterocycles. The lowest BCUT2D eigenvalue weighted by atomic mass is 10.2. The lowest BCUT2D eigenvalue weighted by Crippen LogP contribution is -1.91. The van der Waals surface area contributed by atoms with Gasteiger partial charge in [-0.2, -0.15) is 0 Å². The molecule has 96 valence electrons. The van der Waals surface area contributed by atoms with Crippen LogP contribution in [0.3, 0.4) is 0 Å². The van der Waals surface area contributed by atoms with Crippen molar-refractivity contribution in [1.82, 2.24) is 19.9 Å². The molecule has 0 radical (unpaired) electrons. The summed E-state index contributed by atoms with van der Waals surface area (Å²) in [4.78, 5) is 15.8. The third-order valence-electron chi connectivity index (χ3n) is 2.80. The number of aromatic amines is 1. The summed E-state index contributed by atoms with van der Waals surface area (Å²) in [5.41, 5.74) is 2.02. The summed E-state index contributed by atoms with van der Waals surface area (Å²) in [6, 6.07) is 5.53. The van der Waals surface area contributed by atoms with Gasteiger partial charge in [-0.15, -0.1) is 0 Å². The Kier molecular flexibility index (Phi) is 2.75. The number of nitrogens with one attached hydrogen (secondary N) is 1. The quantitative estimate of drug-likeness (QED) is 0.776. The van der Waals surface area contributed by atoms with E-state index in [-0.39, 0.29) is 0 Å². The molecular weight excluding hydrogens is 244 g/mol. The van der Waals surface area contributed by atoms with Crippen molar-refractivity contribution in [3.05, 3.63) is 30.6 Å². The van der Waals surface area contributed by atoms with Gasteiger partial charge in [0.1, 0.15) is 17.3 Å². The minimum Gasteiger partial charge on any atom is -0.497 e. The maximum absolute atomic E-state index is 5.34. The number of fused-ring (bicyclic) bond motifs is 1. The number of benzene rings is 1. The third-order valence-corrected chi connectivity index (χ3v) is 2.80. The van der Waals surface area contributed by atoms with Crippen molar-refractivity contribution in [2.75, 3.05) is 14.2 Å². The Balaban J connectivity index is 2.19. The van der Waals surface area contributed by atoms with Gasteiger partial charge in [-0.25, -0.2) is 15.0 Å². The molecule has 1 aromatic carbocycles. The molecule has 0 unspecified atom stereocenters. The minimum absolute atomic E-state index is 0.572. The largest absolute Gasteiger partial charge is 0.497 e. The molecule has 1 N–H and O–H groups in total. The minimum atomic E-state index is 0.572. The number of rotatable bonds is 3. The van der Waals surface area contributed by atoms with E-state index in [1.54, 1.807) is 26.6 Å². The summed E-state index contributed by atoms with van der Waals surface area (Å²) < 4.78 is 10.6. The van der Waals surface area contributed by atoms with Crippen LogP contribution in [0.25, 0.3) is 22.7 Å². The predicted molar refractivity (Wildman–Crippen MR) is 70.2 cm³/mol. The summed E-state index contributed by atoms with van der Waals surface area (Å²) in [6.45, 7) is 0. The number of methoxy groups -OCH3 is 2. The van der Waals surface area contributed by atoms with Crippen molar-refractivity contribution in [2.45, 2.75) is 0 Å². The normalized spacial score (nSPS) is 10.6. The molecular formula is C13H12N4O2. The molecule has 2 heterocycles. The molecule has 6 nitrogen and oxygen atoms in total. The van der Waals surface area contributed by atoms with E-state index in [1.165, 1.54) is 0 Å². The van der Waals surface area contributed by atoms with E-state index in [9.17, 15) is 0 Å². The first-order chi connectivity index (χ1) is 9.31. The standard InChI is InChI=1S/C13H12N4O2/c1-18-8-3-4-10(19-2)9(7-8)11-16-12-13(17-11)15-6-5-14-12/h3-7H,1-2H3,(H,14,15,16,17). The highest BCUT2D eigenvalue weighted by Crippen LogP contribution is 2.32. The Hall–Kier alpha value is -2.63. The van der Waals surface area contributed by atoms with Gasteiger partial charge >= 0.3 is 0 Å². The van der Waals surface area contributed by atoms with Gasteiger partial charge in [0, 0.05) is 12.4 Å². The van der Waals surface area contributed by atoms with Gasteiger partial charge in [0.25, 0.3) is 0 Å². The molecule has 0 fully saturated rings. The Bertz CT molecular complexity index is 690. The number of H-pyrrole nitrogens is 1. The first-order valence-corrected chi connectivity index (χ1v) is 5.71. The number of ether oxygens (including phenoxy) is 2. The second-order valence-electron chi connectivity index (χ2n) is 3.88. The fourth-order valence-electron chi connectivity index (χ4n) is 1.87. The van der Waals surface area contributed by atoms with E-state index in [0.29, 0.717) is 22.9 Å². The molecule has 0 saturated heterocycles. The number of hydrogen-bond donors (Lipinski definition) is 1. The van der Waals surface area contributed by atoms with E-state index >= 15 is 0 Å². The Morgan fingerprint density at radius 1 is 1.05 bits per heavy atom. The van der Waals surface area contributed by atoms with Crippen molar-refractivity contribution < 1.29 is 9.47 Å². The van der Waals surface area contributed by atoms with Crippen molar-refractivity contribution in [2.24, 2.45) is 0 Å². The zero-order chi connectivity index (χ0) is 13.2. The summed E-state index contributed by atoms with van der Waals surface area (Å²) in [7, 11) is 3.23. The molecule has 3 rings (SSSR count). The lowest BCUT2D eigenvalue weighted by Gasteiger charge is -2.08. The van der Waals surface area contributed by atoms with Gasteiger partial charge in [-0.1, -0.05) is 0 Å². The highest BCUT2D eigenvalue weighted by Gasteiger charge is 2.12. The number of nitrogens with zero attached hydrogens (tertiary/aromatic N) is 3. The van der Waals surface area contributed by atoms with Crippen LogP contribution in [0.2, 0.25) is 0 Å². The molecule has 3 aromatic rings. The molecule has 19 heavy (non-hydrogen) atoms. The number of imidazole rings is 1. The zero-order valence-electron chi connectivity index (χ0n) is 10.5. The van der Waals surface area contributed by atoms with E-state index in [1.807, 2.05) is 18.2 Å². The molecule has 0 aliphatic rings. The molecule has 6 heteroatoms. The Morgan fingerprint density at radius 2 is 1.89 bits per heavy atom. The molecule has 0 aliphatic carbocycles. The maximum atomic E-state index is 5.34. The van der Waals surface area contributed by atoms with Gasteiger partial charge in [0.2, 0.25) is 0 Å². The van der Waals surface area contributed by atoms with Crippen LogP contribution in [0.4, 0.5) is 0 Å². The number of aromatic nitrogens is 4. The van der Waals surface area contributed by atoms with Crippen LogP contribution in [0.5, 0.6) is 11.5 Å². The highest BCUT2D eigenvalue weighted by atomic mass is 16.5. The van der Waals surface area contributed by atoms with Gasteiger partial charge in [-0.05, 0) is 18.2 Å². The van der Waals surface area contributed by atoms with Crippen LogP contribution in [0.15, 0.2) is 30.6 Å². The predicted octanol–water partition coefficient (Wildman–Crippen LogP) is 2.04. The Labute approximate surface area is 109 Å². The first-order valence-electron chi connectivity index (χ1n) is 5.71. The fraction of sp³-hybridized carbons (Fsp3) is 0.154. The summed E-state index contributed by atoms with van der Waals surface area (Å²) in [6.07, 6.45) is 3.23. The second-order valence-corrected chi connectivity index (χ2v) is 3.88. The summed E-state index contributed by atoms with van der Waals surface area (Å²) in [5, 5.41) is 0. The first kappa shape index (κ1) is 11.5. The van der Waals surface area contributed by atoms with Gasteiger partial charge in [0.05, 0.1) is 19.8 Å². The van der Waals surface area contributed by atoms with Gasteiger partial charge < -0.3 is 14.5 Å². The maximum Gasteiger partial charge on any atom is 0.197 e. The smallest absolute Gasteiger partial charge is 0.197 e. The SMILES string of the molecule is COc1ccc(OC)c(-c2nc3nccnc3[nH]2)c1. The van der Waals surface area contributed by atoms with Gasteiger partial charge in [0.15, 0.2) is 11.3 Å². The molecule has 0 aliphatic heterocycles. The monoisotopic (exact) mass is 256 g/mol.